The molecule has 1 aromatic rings. The minimum absolute atomic E-state index is 0.143. The van der Waals surface area contributed by atoms with Crippen molar-refractivity contribution in [3.8, 4) is 0 Å². The summed E-state index contributed by atoms with van der Waals surface area (Å²) >= 11 is 0. The van der Waals surface area contributed by atoms with Crippen LogP contribution in [0.2, 0.25) is 0 Å². The van der Waals surface area contributed by atoms with Crippen LogP contribution in [0.4, 0.5) is 8.78 Å². The van der Waals surface area contributed by atoms with Gasteiger partial charge in [0.1, 0.15) is 0 Å². The fourth-order valence-corrected chi connectivity index (χ4v) is 1.71. The Labute approximate surface area is 82.1 Å². The largest absolute Gasteiger partial charge is 0.314 e. The highest BCUT2D eigenvalue weighted by atomic mass is 19.2. The summed E-state index contributed by atoms with van der Waals surface area (Å²) in [5.74, 6) is -1.53. The van der Waals surface area contributed by atoms with Crippen LogP contribution in [0.3, 0.4) is 0 Å². The van der Waals surface area contributed by atoms with E-state index in [0.717, 1.165) is 24.8 Å². The van der Waals surface area contributed by atoms with E-state index in [1.54, 1.807) is 6.07 Å². The number of halogens is 2. The van der Waals surface area contributed by atoms with Crippen molar-refractivity contribution in [3.05, 3.63) is 35.4 Å². The van der Waals surface area contributed by atoms with E-state index in [1.165, 1.54) is 12.1 Å². The molecule has 0 aliphatic heterocycles. The molecule has 0 amide bonds. The maximum atomic E-state index is 12.9. The quantitative estimate of drug-likeness (QED) is 0.783. The Morgan fingerprint density at radius 1 is 1.29 bits per heavy atom. The first-order valence-electron chi connectivity index (χ1n) is 4.78. The van der Waals surface area contributed by atoms with Crippen LogP contribution in [0.15, 0.2) is 18.2 Å². The summed E-state index contributed by atoms with van der Waals surface area (Å²) in [7, 11) is 1.91. The zero-order chi connectivity index (χ0) is 10.2. The summed E-state index contributed by atoms with van der Waals surface area (Å²) in [5, 5.41) is 3.22. The fraction of sp³-hybridized carbons (Fsp3) is 0.455. The summed E-state index contributed by atoms with van der Waals surface area (Å²) in [5.41, 5.74) is 1.00. The first kappa shape index (κ1) is 9.59. The third-order valence-electron chi connectivity index (χ3n) is 2.91. The lowest BCUT2D eigenvalue weighted by atomic mass is 10.0. The van der Waals surface area contributed by atoms with Crippen molar-refractivity contribution in [2.45, 2.75) is 24.8 Å². The number of rotatable bonds is 3. The lowest BCUT2D eigenvalue weighted by Crippen LogP contribution is -2.29. The summed E-state index contributed by atoms with van der Waals surface area (Å²) < 4.78 is 25.5. The molecular weight excluding hydrogens is 184 g/mol. The van der Waals surface area contributed by atoms with Crippen LogP contribution in [0.25, 0.3) is 0 Å². The van der Waals surface area contributed by atoms with Gasteiger partial charge in [0.05, 0.1) is 0 Å². The highest BCUT2D eigenvalue weighted by Gasteiger charge is 2.40. The number of nitrogens with one attached hydrogen (secondary N) is 1. The van der Waals surface area contributed by atoms with E-state index in [2.05, 4.69) is 5.32 Å². The van der Waals surface area contributed by atoms with Crippen LogP contribution < -0.4 is 5.32 Å². The van der Waals surface area contributed by atoms with E-state index >= 15 is 0 Å². The molecule has 0 spiro atoms. The lowest BCUT2D eigenvalue weighted by molar-refractivity contribution is 0.501. The Kier molecular flexibility index (Phi) is 2.27. The van der Waals surface area contributed by atoms with Crippen LogP contribution in [0, 0.1) is 11.6 Å². The van der Waals surface area contributed by atoms with Crippen LogP contribution in [-0.2, 0) is 6.42 Å². The van der Waals surface area contributed by atoms with E-state index < -0.39 is 11.6 Å². The van der Waals surface area contributed by atoms with Gasteiger partial charge in [-0.2, -0.15) is 0 Å². The molecule has 1 aromatic carbocycles. The van der Waals surface area contributed by atoms with Gasteiger partial charge in [-0.15, -0.1) is 0 Å². The van der Waals surface area contributed by atoms with Crippen LogP contribution in [0.5, 0.6) is 0 Å². The molecule has 0 saturated heterocycles. The average molecular weight is 197 g/mol. The SMILES string of the molecule is CNC1(Cc2ccc(F)c(F)c2)CC1. The Bertz CT molecular complexity index is 345. The van der Waals surface area contributed by atoms with Gasteiger partial charge in [-0.25, -0.2) is 8.78 Å². The van der Waals surface area contributed by atoms with Gasteiger partial charge in [0.25, 0.3) is 0 Å². The summed E-state index contributed by atoms with van der Waals surface area (Å²) in [6.07, 6.45) is 3.01. The molecule has 1 aliphatic rings. The lowest BCUT2D eigenvalue weighted by Gasteiger charge is -2.13. The van der Waals surface area contributed by atoms with E-state index in [9.17, 15) is 8.78 Å². The number of benzene rings is 1. The number of hydrogen-bond acceptors (Lipinski definition) is 1. The smallest absolute Gasteiger partial charge is 0.159 e. The third kappa shape index (κ3) is 1.77. The maximum Gasteiger partial charge on any atom is 0.159 e. The van der Waals surface area contributed by atoms with E-state index in [4.69, 9.17) is 0 Å². The Balaban J connectivity index is 2.14. The third-order valence-corrected chi connectivity index (χ3v) is 2.91. The topological polar surface area (TPSA) is 12.0 Å². The maximum absolute atomic E-state index is 12.9. The summed E-state index contributed by atoms with van der Waals surface area (Å²) in [4.78, 5) is 0. The molecule has 1 saturated carbocycles. The van der Waals surface area contributed by atoms with Gasteiger partial charge in [0, 0.05) is 5.54 Å². The zero-order valence-corrected chi connectivity index (χ0v) is 8.11. The molecule has 0 aromatic heterocycles. The molecule has 2 rings (SSSR count). The van der Waals surface area contributed by atoms with Gasteiger partial charge in [0.2, 0.25) is 0 Å². The van der Waals surface area contributed by atoms with E-state index in [0.29, 0.717) is 0 Å². The molecule has 0 bridgehead atoms. The highest BCUT2D eigenvalue weighted by molar-refractivity contribution is 5.22. The van der Waals surface area contributed by atoms with Crippen LogP contribution >= 0.6 is 0 Å². The van der Waals surface area contributed by atoms with Crippen molar-refractivity contribution in [1.29, 1.82) is 0 Å². The van der Waals surface area contributed by atoms with Gasteiger partial charge in [-0.1, -0.05) is 6.07 Å². The number of hydrogen-bond donors (Lipinski definition) is 1. The minimum Gasteiger partial charge on any atom is -0.314 e. The minimum atomic E-state index is -0.775. The van der Waals surface area contributed by atoms with Gasteiger partial charge < -0.3 is 5.32 Å². The van der Waals surface area contributed by atoms with E-state index in [1.807, 2.05) is 7.05 Å². The van der Waals surface area contributed by atoms with Crippen LogP contribution in [0.1, 0.15) is 18.4 Å². The molecule has 0 atom stereocenters. The van der Waals surface area contributed by atoms with Gasteiger partial charge in [-0.05, 0) is 44.0 Å². The van der Waals surface area contributed by atoms with Crippen molar-refractivity contribution in [3.63, 3.8) is 0 Å². The second-order valence-electron chi connectivity index (χ2n) is 3.96. The highest BCUT2D eigenvalue weighted by Crippen LogP contribution is 2.38. The standard InChI is InChI=1S/C11H13F2N/c1-14-11(4-5-11)7-8-2-3-9(12)10(13)6-8/h2-3,6,14H,4-5,7H2,1H3. The molecule has 0 heterocycles. The average Bonchev–Trinajstić information content (AvgIpc) is 2.93. The fourth-order valence-electron chi connectivity index (χ4n) is 1.71. The second-order valence-corrected chi connectivity index (χ2v) is 3.96. The molecule has 0 unspecified atom stereocenters. The summed E-state index contributed by atoms with van der Waals surface area (Å²) in [6, 6.07) is 4.12. The molecule has 1 fully saturated rings. The first-order chi connectivity index (χ1) is 6.65. The van der Waals surface area contributed by atoms with Gasteiger partial charge in [-0.3, -0.25) is 0 Å². The predicted octanol–water partition coefficient (Wildman–Crippen LogP) is 2.26. The van der Waals surface area contributed by atoms with E-state index in [-0.39, 0.29) is 5.54 Å². The Morgan fingerprint density at radius 2 is 2.00 bits per heavy atom. The van der Waals surface area contributed by atoms with Crippen molar-refractivity contribution >= 4 is 0 Å². The van der Waals surface area contributed by atoms with Gasteiger partial charge in [0.15, 0.2) is 11.6 Å². The molecule has 1 aliphatic carbocycles. The van der Waals surface area contributed by atoms with Crippen LogP contribution in [-0.4, -0.2) is 12.6 Å². The van der Waals surface area contributed by atoms with Crippen molar-refractivity contribution in [2.24, 2.45) is 0 Å². The van der Waals surface area contributed by atoms with Crippen molar-refractivity contribution in [2.75, 3.05) is 7.05 Å². The van der Waals surface area contributed by atoms with Crippen molar-refractivity contribution in [1.82, 2.24) is 5.32 Å². The molecule has 3 heteroatoms. The molecular formula is C11H13F2N. The number of likely N-dealkylation sites (N-methyl/N-ethyl adjacent to an activating group) is 1. The Hall–Kier alpha value is -0.960. The van der Waals surface area contributed by atoms with Crippen molar-refractivity contribution < 1.29 is 8.78 Å². The second kappa shape index (κ2) is 3.31. The predicted molar refractivity (Wildman–Crippen MR) is 51.1 cm³/mol. The molecule has 1 nitrogen and oxygen atoms in total. The molecule has 1 N–H and O–H groups in total. The molecule has 76 valence electrons. The monoisotopic (exact) mass is 197 g/mol. The summed E-state index contributed by atoms with van der Waals surface area (Å²) in [6.45, 7) is 0. The normalized spacial score (nSPS) is 18.2. The zero-order valence-electron chi connectivity index (χ0n) is 8.11. The van der Waals surface area contributed by atoms with Gasteiger partial charge >= 0.3 is 0 Å². The first-order valence-corrected chi connectivity index (χ1v) is 4.78. The molecule has 0 radical (unpaired) electrons. The molecule has 14 heavy (non-hydrogen) atoms. The Morgan fingerprint density at radius 3 is 2.50 bits per heavy atom.